The lowest BCUT2D eigenvalue weighted by molar-refractivity contribution is 0.574. The van der Waals surface area contributed by atoms with Crippen LogP contribution in [0.3, 0.4) is 0 Å². The Morgan fingerprint density at radius 2 is 2.00 bits per heavy atom. The molecule has 100 valence electrons. The SMILES string of the molecule is Cc1cc(CN[C@H](C)c2cccc(Cl)c2)ccc1Br. The number of aryl methyl sites for hydroxylation is 1. The van der Waals surface area contributed by atoms with Gasteiger partial charge in [0.25, 0.3) is 0 Å². The van der Waals surface area contributed by atoms with Crippen molar-refractivity contribution >= 4 is 27.5 Å². The van der Waals surface area contributed by atoms with E-state index in [0.29, 0.717) is 0 Å². The summed E-state index contributed by atoms with van der Waals surface area (Å²) in [5, 5.41) is 4.30. The summed E-state index contributed by atoms with van der Waals surface area (Å²) >= 11 is 9.53. The molecule has 0 bridgehead atoms. The molecular weight excluding hydrogens is 322 g/mol. The van der Waals surface area contributed by atoms with Gasteiger partial charge in [-0.2, -0.15) is 0 Å². The third kappa shape index (κ3) is 4.07. The predicted octanol–water partition coefficient (Wildman–Crippen LogP) is 5.26. The Hall–Kier alpha value is -0.830. The number of halogens is 2. The lowest BCUT2D eigenvalue weighted by Gasteiger charge is -2.15. The molecule has 0 unspecified atom stereocenters. The molecule has 19 heavy (non-hydrogen) atoms. The number of hydrogen-bond acceptors (Lipinski definition) is 1. The molecule has 0 heterocycles. The summed E-state index contributed by atoms with van der Waals surface area (Å²) in [6.07, 6.45) is 0. The molecule has 2 aromatic rings. The first-order valence-corrected chi connectivity index (χ1v) is 7.47. The molecule has 0 saturated carbocycles. The molecule has 0 aliphatic heterocycles. The van der Waals surface area contributed by atoms with Crippen LogP contribution in [0.5, 0.6) is 0 Å². The molecule has 1 atom stereocenters. The van der Waals surface area contributed by atoms with E-state index in [2.05, 4.69) is 59.4 Å². The zero-order valence-corrected chi connectivity index (χ0v) is 13.4. The van der Waals surface area contributed by atoms with Crippen molar-refractivity contribution in [2.45, 2.75) is 26.4 Å². The fourth-order valence-corrected chi connectivity index (χ4v) is 2.43. The standard InChI is InChI=1S/C16H17BrClN/c1-11-8-13(6-7-16(11)17)10-19-12(2)14-4-3-5-15(18)9-14/h3-9,12,19H,10H2,1-2H3/t12-/m1/s1. The Morgan fingerprint density at radius 1 is 1.21 bits per heavy atom. The van der Waals surface area contributed by atoms with Crippen molar-refractivity contribution in [3.8, 4) is 0 Å². The first-order chi connectivity index (χ1) is 9.06. The molecule has 0 fully saturated rings. The van der Waals surface area contributed by atoms with Crippen molar-refractivity contribution in [1.29, 1.82) is 0 Å². The number of benzene rings is 2. The van der Waals surface area contributed by atoms with Gasteiger partial charge < -0.3 is 5.32 Å². The van der Waals surface area contributed by atoms with Crippen molar-refractivity contribution in [2.75, 3.05) is 0 Å². The van der Waals surface area contributed by atoms with Crippen LogP contribution in [0, 0.1) is 6.92 Å². The molecule has 0 saturated heterocycles. The van der Waals surface area contributed by atoms with Crippen molar-refractivity contribution in [2.24, 2.45) is 0 Å². The summed E-state index contributed by atoms with van der Waals surface area (Å²) in [4.78, 5) is 0. The van der Waals surface area contributed by atoms with Crippen molar-refractivity contribution in [3.63, 3.8) is 0 Å². The van der Waals surface area contributed by atoms with Crippen LogP contribution in [-0.4, -0.2) is 0 Å². The van der Waals surface area contributed by atoms with Crippen molar-refractivity contribution in [1.82, 2.24) is 5.32 Å². The van der Waals surface area contributed by atoms with Crippen LogP contribution in [0.1, 0.15) is 29.7 Å². The number of nitrogens with one attached hydrogen (secondary N) is 1. The first kappa shape index (κ1) is 14.6. The molecule has 0 amide bonds. The maximum atomic E-state index is 6.01. The van der Waals surface area contributed by atoms with E-state index >= 15 is 0 Å². The molecule has 0 aliphatic carbocycles. The van der Waals surface area contributed by atoms with Crippen LogP contribution in [-0.2, 0) is 6.54 Å². The second-order valence-electron chi connectivity index (χ2n) is 4.74. The van der Waals surface area contributed by atoms with Crippen LogP contribution < -0.4 is 5.32 Å². The molecule has 0 radical (unpaired) electrons. The number of hydrogen-bond donors (Lipinski definition) is 1. The van der Waals surface area contributed by atoms with Crippen LogP contribution in [0.15, 0.2) is 46.9 Å². The third-order valence-electron chi connectivity index (χ3n) is 3.18. The summed E-state index contributed by atoms with van der Waals surface area (Å²) in [7, 11) is 0. The maximum absolute atomic E-state index is 6.01. The minimum absolute atomic E-state index is 0.280. The van der Waals surface area contributed by atoms with Gasteiger partial charge in [0, 0.05) is 22.1 Å². The Morgan fingerprint density at radius 3 is 2.68 bits per heavy atom. The van der Waals surface area contributed by atoms with Gasteiger partial charge in [-0.15, -0.1) is 0 Å². The van der Waals surface area contributed by atoms with E-state index in [4.69, 9.17) is 11.6 Å². The Kier molecular flexibility index (Phi) is 5.03. The highest BCUT2D eigenvalue weighted by atomic mass is 79.9. The summed E-state index contributed by atoms with van der Waals surface area (Å²) in [5.41, 5.74) is 3.76. The Labute approximate surface area is 128 Å². The lowest BCUT2D eigenvalue weighted by Crippen LogP contribution is -2.18. The molecule has 1 N–H and O–H groups in total. The topological polar surface area (TPSA) is 12.0 Å². The first-order valence-electron chi connectivity index (χ1n) is 6.30. The highest BCUT2D eigenvalue weighted by molar-refractivity contribution is 9.10. The van der Waals surface area contributed by atoms with Gasteiger partial charge in [-0.05, 0) is 48.7 Å². The van der Waals surface area contributed by atoms with E-state index in [0.717, 1.165) is 16.0 Å². The van der Waals surface area contributed by atoms with Crippen LogP contribution in [0.25, 0.3) is 0 Å². The summed E-state index contributed by atoms with van der Waals surface area (Å²) in [6, 6.07) is 14.7. The fourth-order valence-electron chi connectivity index (χ4n) is 1.98. The molecular formula is C16H17BrClN. The number of rotatable bonds is 4. The maximum Gasteiger partial charge on any atom is 0.0409 e. The van der Waals surface area contributed by atoms with Crippen molar-refractivity contribution < 1.29 is 0 Å². The van der Waals surface area contributed by atoms with Gasteiger partial charge in [0.05, 0.1) is 0 Å². The highest BCUT2D eigenvalue weighted by Gasteiger charge is 2.05. The van der Waals surface area contributed by atoms with Gasteiger partial charge in [0.15, 0.2) is 0 Å². The third-order valence-corrected chi connectivity index (χ3v) is 4.31. The molecule has 0 aliphatic rings. The van der Waals surface area contributed by atoms with E-state index in [-0.39, 0.29) is 6.04 Å². The van der Waals surface area contributed by atoms with Gasteiger partial charge in [-0.1, -0.05) is 51.8 Å². The Balaban J connectivity index is 2.00. The van der Waals surface area contributed by atoms with E-state index in [9.17, 15) is 0 Å². The lowest BCUT2D eigenvalue weighted by atomic mass is 10.1. The largest absolute Gasteiger partial charge is 0.306 e. The van der Waals surface area contributed by atoms with Crippen molar-refractivity contribution in [3.05, 3.63) is 68.7 Å². The van der Waals surface area contributed by atoms with Gasteiger partial charge >= 0.3 is 0 Å². The molecule has 2 rings (SSSR count). The van der Waals surface area contributed by atoms with Gasteiger partial charge in [-0.3, -0.25) is 0 Å². The minimum Gasteiger partial charge on any atom is -0.306 e. The summed E-state index contributed by atoms with van der Waals surface area (Å²) in [5.74, 6) is 0. The quantitative estimate of drug-likeness (QED) is 0.801. The zero-order valence-electron chi connectivity index (χ0n) is 11.1. The zero-order chi connectivity index (χ0) is 13.8. The molecule has 1 nitrogen and oxygen atoms in total. The van der Waals surface area contributed by atoms with Crippen LogP contribution >= 0.6 is 27.5 Å². The smallest absolute Gasteiger partial charge is 0.0409 e. The normalized spacial score (nSPS) is 12.4. The van der Waals surface area contributed by atoms with E-state index in [1.807, 2.05) is 18.2 Å². The summed E-state index contributed by atoms with van der Waals surface area (Å²) in [6.45, 7) is 5.10. The van der Waals surface area contributed by atoms with E-state index in [1.54, 1.807) is 0 Å². The van der Waals surface area contributed by atoms with Gasteiger partial charge in [0.1, 0.15) is 0 Å². The molecule has 2 aromatic carbocycles. The predicted molar refractivity (Wildman–Crippen MR) is 85.6 cm³/mol. The van der Waals surface area contributed by atoms with Gasteiger partial charge in [-0.25, -0.2) is 0 Å². The second kappa shape index (κ2) is 6.56. The van der Waals surface area contributed by atoms with E-state index in [1.165, 1.54) is 16.7 Å². The fraction of sp³-hybridized carbons (Fsp3) is 0.250. The minimum atomic E-state index is 0.280. The monoisotopic (exact) mass is 337 g/mol. The highest BCUT2D eigenvalue weighted by Crippen LogP contribution is 2.19. The second-order valence-corrected chi connectivity index (χ2v) is 6.03. The molecule has 0 aromatic heterocycles. The Bertz CT molecular complexity index is 568. The van der Waals surface area contributed by atoms with E-state index < -0.39 is 0 Å². The summed E-state index contributed by atoms with van der Waals surface area (Å²) < 4.78 is 1.15. The average Bonchev–Trinajstić information content (AvgIpc) is 2.40. The van der Waals surface area contributed by atoms with Gasteiger partial charge in [0.2, 0.25) is 0 Å². The van der Waals surface area contributed by atoms with Crippen LogP contribution in [0.2, 0.25) is 5.02 Å². The molecule has 3 heteroatoms. The molecule has 0 spiro atoms. The van der Waals surface area contributed by atoms with Crippen LogP contribution in [0.4, 0.5) is 0 Å². The average molecular weight is 339 g/mol.